The van der Waals surface area contributed by atoms with E-state index in [1.807, 2.05) is 6.92 Å². The van der Waals surface area contributed by atoms with E-state index in [1.54, 1.807) is 12.1 Å². The van der Waals surface area contributed by atoms with Crippen LogP contribution in [0.1, 0.15) is 13.3 Å². The zero-order chi connectivity index (χ0) is 11.5. The first-order chi connectivity index (χ1) is 6.92. The van der Waals surface area contributed by atoms with E-state index in [0.29, 0.717) is 17.2 Å². The van der Waals surface area contributed by atoms with Gasteiger partial charge in [-0.05, 0) is 41.4 Å². The predicted octanol–water partition coefficient (Wildman–Crippen LogP) is 1.95. The molecule has 0 aliphatic rings. The summed E-state index contributed by atoms with van der Waals surface area (Å²) in [6.07, 6.45) is 0.631. The number of sulfonamides is 1. The van der Waals surface area contributed by atoms with E-state index in [9.17, 15) is 8.42 Å². The van der Waals surface area contributed by atoms with Crippen molar-refractivity contribution in [3.05, 3.63) is 15.9 Å². The summed E-state index contributed by atoms with van der Waals surface area (Å²) < 4.78 is 27.0. The van der Waals surface area contributed by atoms with E-state index in [0.717, 1.165) is 3.79 Å². The van der Waals surface area contributed by atoms with Crippen molar-refractivity contribution in [3.63, 3.8) is 0 Å². The van der Waals surface area contributed by atoms with Crippen LogP contribution < -0.4 is 10.5 Å². The molecule has 3 N–H and O–H groups in total. The molecule has 0 aliphatic heterocycles. The van der Waals surface area contributed by atoms with Gasteiger partial charge in [0.2, 0.25) is 10.0 Å². The van der Waals surface area contributed by atoms with Crippen LogP contribution in [0.5, 0.6) is 0 Å². The summed E-state index contributed by atoms with van der Waals surface area (Å²) >= 11 is 4.41. The Morgan fingerprint density at radius 3 is 2.62 bits per heavy atom. The van der Waals surface area contributed by atoms with E-state index >= 15 is 0 Å². The van der Waals surface area contributed by atoms with Crippen molar-refractivity contribution in [3.8, 4) is 0 Å². The summed E-state index contributed by atoms with van der Waals surface area (Å²) in [7, 11) is -3.35. The van der Waals surface area contributed by atoms with Gasteiger partial charge in [0, 0.05) is 12.6 Å². The standard InChI is InChI=1S/C8H13BrN2O2S2.ClH/c1-6(10)4-5-11-15(12,13)8-3-2-7(9)14-8;/h2-3,6,11H,4-5,10H2,1H3;1H. The quantitative estimate of drug-likeness (QED) is 0.853. The van der Waals surface area contributed by atoms with E-state index in [2.05, 4.69) is 20.7 Å². The van der Waals surface area contributed by atoms with Crippen LogP contribution >= 0.6 is 39.7 Å². The van der Waals surface area contributed by atoms with Crippen molar-refractivity contribution >= 4 is 49.7 Å². The van der Waals surface area contributed by atoms with Gasteiger partial charge < -0.3 is 5.73 Å². The van der Waals surface area contributed by atoms with Gasteiger partial charge in [0.25, 0.3) is 0 Å². The number of nitrogens with one attached hydrogen (secondary N) is 1. The molecule has 1 atom stereocenters. The molecule has 1 aromatic rings. The highest BCUT2D eigenvalue weighted by atomic mass is 79.9. The molecule has 94 valence electrons. The molecule has 0 bridgehead atoms. The molecule has 0 aromatic carbocycles. The van der Waals surface area contributed by atoms with E-state index < -0.39 is 10.0 Å². The van der Waals surface area contributed by atoms with Crippen molar-refractivity contribution in [2.75, 3.05) is 6.54 Å². The molecule has 0 amide bonds. The molecule has 1 unspecified atom stereocenters. The second kappa shape index (κ2) is 6.93. The molecule has 0 spiro atoms. The molecule has 0 fully saturated rings. The van der Waals surface area contributed by atoms with Crippen LogP contribution in [0.2, 0.25) is 0 Å². The van der Waals surface area contributed by atoms with Crippen LogP contribution in [-0.4, -0.2) is 21.0 Å². The SMILES string of the molecule is CC(N)CCNS(=O)(=O)c1ccc(Br)s1.Cl. The maximum atomic E-state index is 11.7. The summed E-state index contributed by atoms with van der Waals surface area (Å²) in [5.41, 5.74) is 5.52. The molecule has 1 aromatic heterocycles. The molecule has 0 radical (unpaired) electrons. The minimum absolute atomic E-state index is 0. The number of halogens is 2. The lowest BCUT2D eigenvalue weighted by atomic mass is 10.3. The molecule has 16 heavy (non-hydrogen) atoms. The van der Waals surface area contributed by atoms with Gasteiger partial charge in [0.1, 0.15) is 4.21 Å². The number of thiophene rings is 1. The highest BCUT2D eigenvalue weighted by molar-refractivity contribution is 9.11. The van der Waals surface area contributed by atoms with Gasteiger partial charge in [-0.2, -0.15) is 0 Å². The van der Waals surface area contributed by atoms with Gasteiger partial charge in [0.15, 0.2) is 0 Å². The molecule has 4 nitrogen and oxygen atoms in total. The molecule has 0 saturated heterocycles. The van der Waals surface area contributed by atoms with Crippen molar-refractivity contribution in [1.29, 1.82) is 0 Å². The van der Waals surface area contributed by atoms with Gasteiger partial charge in [0.05, 0.1) is 3.79 Å². The average Bonchev–Trinajstić information content (AvgIpc) is 2.51. The predicted molar refractivity (Wildman–Crippen MR) is 72.7 cm³/mol. The number of nitrogens with two attached hydrogens (primary N) is 1. The first kappa shape index (κ1) is 16.3. The topological polar surface area (TPSA) is 72.2 Å². The fraction of sp³-hybridized carbons (Fsp3) is 0.500. The fourth-order valence-electron chi connectivity index (χ4n) is 0.934. The molecule has 1 heterocycles. The van der Waals surface area contributed by atoms with Gasteiger partial charge in [-0.3, -0.25) is 0 Å². The molecule has 1 rings (SSSR count). The Labute approximate surface area is 114 Å². The summed E-state index contributed by atoms with van der Waals surface area (Å²) in [4.78, 5) is 0. The Hall–Kier alpha value is 0.340. The Balaban J connectivity index is 0.00000225. The Kier molecular flexibility index (Phi) is 7.07. The zero-order valence-corrected chi connectivity index (χ0v) is 12.7. The third-order valence-electron chi connectivity index (χ3n) is 1.71. The summed E-state index contributed by atoms with van der Waals surface area (Å²) in [6, 6.07) is 3.29. The lowest BCUT2D eigenvalue weighted by Crippen LogP contribution is -2.28. The number of hydrogen-bond donors (Lipinski definition) is 2. The first-order valence-corrected chi connectivity index (χ1v) is 7.51. The van der Waals surface area contributed by atoms with Crippen molar-refractivity contribution in [1.82, 2.24) is 4.72 Å². The normalized spacial score (nSPS) is 13.2. The highest BCUT2D eigenvalue weighted by Crippen LogP contribution is 2.25. The van der Waals surface area contributed by atoms with Crippen LogP contribution in [0.4, 0.5) is 0 Å². The Bertz CT molecular complexity index is 419. The third-order valence-corrected chi connectivity index (χ3v) is 5.28. The lowest BCUT2D eigenvalue weighted by molar-refractivity contribution is 0.574. The van der Waals surface area contributed by atoms with Gasteiger partial charge >= 0.3 is 0 Å². The molecular weight excluding hydrogens is 336 g/mol. The third kappa shape index (κ3) is 5.11. The van der Waals surface area contributed by atoms with Crippen LogP contribution in [-0.2, 0) is 10.0 Å². The minimum Gasteiger partial charge on any atom is -0.328 e. The summed E-state index contributed by atoms with van der Waals surface area (Å²) in [6.45, 7) is 2.21. The first-order valence-electron chi connectivity index (χ1n) is 4.42. The van der Waals surface area contributed by atoms with Crippen LogP contribution in [0.3, 0.4) is 0 Å². The largest absolute Gasteiger partial charge is 0.328 e. The number of hydrogen-bond acceptors (Lipinski definition) is 4. The van der Waals surface area contributed by atoms with Crippen molar-refractivity contribution < 1.29 is 8.42 Å². The Morgan fingerprint density at radius 2 is 2.19 bits per heavy atom. The van der Waals surface area contributed by atoms with Crippen LogP contribution in [0.15, 0.2) is 20.1 Å². The molecule has 8 heteroatoms. The van der Waals surface area contributed by atoms with Gasteiger partial charge in [-0.25, -0.2) is 13.1 Å². The monoisotopic (exact) mass is 348 g/mol. The zero-order valence-electron chi connectivity index (χ0n) is 8.64. The molecular formula is C8H14BrClN2O2S2. The fourth-order valence-corrected chi connectivity index (χ4v) is 4.04. The second-order valence-corrected chi connectivity index (χ2v) is 7.68. The van der Waals surface area contributed by atoms with Crippen LogP contribution in [0.25, 0.3) is 0 Å². The lowest BCUT2D eigenvalue weighted by Gasteiger charge is -2.06. The van der Waals surface area contributed by atoms with E-state index in [1.165, 1.54) is 11.3 Å². The number of rotatable bonds is 5. The van der Waals surface area contributed by atoms with E-state index in [-0.39, 0.29) is 18.4 Å². The van der Waals surface area contributed by atoms with Crippen LogP contribution in [0, 0.1) is 0 Å². The average molecular weight is 350 g/mol. The smallest absolute Gasteiger partial charge is 0.250 e. The van der Waals surface area contributed by atoms with Crippen molar-refractivity contribution in [2.24, 2.45) is 5.73 Å². The second-order valence-electron chi connectivity index (χ2n) is 3.22. The maximum Gasteiger partial charge on any atom is 0.250 e. The van der Waals surface area contributed by atoms with Gasteiger partial charge in [-0.1, -0.05) is 0 Å². The van der Waals surface area contributed by atoms with Gasteiger partial charge in [-0.15, -0.1) is 23.7 Å². The molecule has 0 aliphatic carbocycles. The summed E-state index contributed by atoms with van der Waals surface area (Å²) in [5, 5.41) is 0. The minimum atomic E-state index is -3.35. The maximum absolute atomic E-state index is 11.7. The van der Waals surface area contributed by atoms with Crippen molar-refractivity contribution in [2.45, 2.75) is 23.6 Å². The summed E-state index contributed by atoms with van der Waals surface area (Å²) in [5.74, 6) is 0. The highest BCUT2D eigenvalue weighted by Gasteiger charge is 2.15. The molecule has 0 saturated carbocycles. The van der Waals surface area contributed by atoms with E-state index in [4.69, 9.17) is 5.73 Å². The Morgan fingerprint density at radius 1 is 1.56 bits per heavy atom.